The van der Waals surface area contributed by atoms with E-state index in [1.165, 1.54) is 0 Å². The number of halogens is 3. The van der Waals surface area contributed by atoms with Crippen LogP contribution in [-0.4, -0.2) is 57.6 Å². The number of guanidine groups is 1. The molecule has 0 spiro atoms. The second kappa shape index (κ2) is 11.0. The third kappa shape index (κ3) is 5.48. The number of H-pyrrole nitrogens is 2. The maximum atomic E-state index is 13.2. The fourth-order valence-corrected chi connectivity index (χ4v) is 7.04. The van der Waals surface area contributed by atoms with Crippen molar-refractivity contribution in [2.75, 3.05) is 25.4 Å². The van der Waals surface area contributed by atoms with Gasteiger partial charge >= 0.3 is 11.9 Å². The Kier molecular flexibility index (Phi) is 7.84. The van der Waals surface area contributed by atoms with Crippen LogP contribution in [0.1, 0.15) is 38.3 Å². The summed E-state index contributed by atoms with van der Waals surface area (Å²) in [6, 6.07) is 3.53. The molecule has 5 rings (SSSR count). The topological polar surface area (TPSA) is 176 Å². The fraction of sp³-hybridized carbons (Fsp3) is 0.417. The minimum atomic E-state index is -0.182. The maximum Gasteiger partial charge on any atom is 0.350 e. The lowest BCUT2D eigenvalue weighted by Crippen LogP contribution is -2.73. The molecule has 39 heavy (non-hydrogen) atoms. The molecule has 4 atom stereocenters. The summed E-state index contributed by atoms with van der Waals surface area (Å²) in [4.78, 5) is 36.1. The molecule has 1 aliphatic heterocycles. The van der Waals surface area contributed by atoms with Crippen molar-refractivity contribution in [1.29, 1.82) is 0 Å². The van der Waals surface area contributed by atoms with Crippen LogP contribution >= 0.6 is 47.8 Å². The summed E-state index contributed by atoms with van der Waals surface area (Å²) in [5.74, 6) is 0.498. The molecule has 208 valence electrons. The number of carbonyl (C=O) groups excluding carboxylic acids is 2. The van der Waals surface area contributed by atoms with Crippen LogP contribution in [0.5, 0.6) is 0 Å². The molecule has 0 aromatic carbocycles. The number of amides is 2. The second-order valence-corrected chi connectivity index (χ2v) is 12.6. The zero-order chi connectivity index (χ0) is 28.0. The van der Waals surface area contributed by atoms with E-state index in [-0.39, 0.29) is 35.6 Å². The summed E-state index contributed by atoms with van der Waals surface area (Å²) < 4.78 is 5.98. The van der Waals surface area contributed by atoms with E-state index < -0.39 is 0 Å². The van der Waals surface area contributed by atoms with Crippen molar-refractivity contribution < 1.29 is 19.6 Å². The van der Waals surface area contributed by atoms with E-state index in [1.807, 2.05) is 20.3 Å². The average Bonchev–Trinajstić information content (AvgIpc) is 3.63. The molecular formula is C24H31Br3N10O2+2. The highest BCUT2D eigenvalue weighted by Gasteiger charge is 2.47. The van der Waals surface area contributed by atoms with Gasteiger partial charge in [-0.15, -0.1) is 0 Å². The number of hydrogen-bond donors (Lipinski definition) is 7. The fourth-order valence-electron chi connectivity index (χ4n) is 5.73. The van der Waals surface area contributed by atoms with Crippen molar-refractivity contribution in [2.45, 2.75) is 18.4 Å². The van der Waals surface area contributed by atoms with Gasteiger partial charge in [-0.2, -0.15) is 0 Å². The lowest BCUT2D eigenvalue weighted by molar-refractivity contribution is -0.452. The van der Waals surface area contributed by atoms with Crippen molar-refractivity contribution in [2.24, 2.45) is 31.7 Å². The number of aromatic amines is 2. The number of nitrogens with one attached hydrogen (secondary N) is 6. The molecule has 0 fully saturated rings. The minimum Gasteiger partial charge on any atom is -0.350 e. The molecule has 1 unspecified atom stereocenters. The molecule has 0 radical (unpaired) electrons. The third-order valence-corrected chi connectivity index (χ3v) is 10.1. The van der Waals surface area contributed by atoms with Gasteiger partial charge in [-0.3, -0.25) is 31.4 Å². The number of rotatable bonds is 7. The summed E-state index contributed by atoms with van der Waals surface area (Å²) in [5.41, 5.74) is 15.3. The Labute approximate surface area is 250 Å². The number of aromatic nitrogens is 4. The van der Waals surface area contributed by atoms with Crippen LogP contribution in [0.25, 0.3) is 0 Å². The normalized spacial score (nSPS) is 22.2. The van der Waals surface area contributed by atoms with E-state index in [0.29, 0.717) is 49.4 Å². The van der Waals surface area contributed by atoms with Crippen LogP contribution in [0.4, 0.5) is 5.95 Å². The van der Waals surface area contributed by atoms with Gasteiger partial charge in [0.15, 0.2) is 0 Å². The van der Waals surface area contributed by atoms with E-state index in [2.05, 4.69) is 78.7 Å². The van der Waals surface area contributed by atoms with Crippen LogP contribution in [0.2, 0.25) is 0 Å². The first-order valence-corrected chi connectivity index (χ1v) is 14.8. The van der Waals surface area contributed by atoms with Gasteiger partial charge in [0.05, 0.1) is 21.5 Å². The molecule has 2 amide bonds. The smallest absolute Gasteiger partial charge is 0.350 e. The highest BCUT2D eigenvalue weighted by molar-refractivity contribution is 9.13. The summed E-state index contributed by atoms with van der Waals surface area (Å²) in [5, 5.41) is 9.61. The summed E-state index contributed by atoms with van der Waals surface area (Å²) in [7, 11) is 3.66. The molecule has 12 nitrogen and oxygen atoms in total. The van der Waals surface area contributed by atoms with Crippen LogP contribution in [0.15, 0.2) is 31.9 Å². The lowest BCUT2D eigenvalue weighted by atomic mass is 9.69. The average molecular weight is 731 g/mol. The SMILES string of the molecule is Cn1cc(Br)cc1C(=O)NC[C@@H]1[C@@H](CNC(=O)c2cc(Br)c(Br)n2C)Cc2[nH]c(N)[nH+]c2[C@H]1C1C[NH+]=C(N)N1. The summed E-state index contributed by atoms with van der Waals surface area (Å²) in [6.07, 6.45) is 2.49. The Morgan fingerprint density at radius 1 is 1.10 bits per heavy atom. The van der Waals surface area contributed by atoms with Gasteiger partial charge < -0.3 is 19.8 Å². The molecule has 1 aliphatic carbocycles. The van der Waals surface area contributed by atoms with Gasteiger partial charge in [0.2, 0.25) is 0 Å². The van der Waals surface area contributed by atoms with E-state index in [9.17, 15) is 9.59 Å². The van der Waals surface area contributed by atoms with E-state index in [4.69, 9.17) is 11.5 Å². The second-order valence-electron chi connectivity index (χ2n) is 10.1. The number of anilines is 1. The first-order valence-electron chi connectivity index (χ1n) is 12.4. The first kappa shape index (κ1) is 27.8. The Bertz CT molecular complexity index is 1460. The highest BCUT2D eigenvalue weighted by atomic mass is 79.9. The third-order valence-electron chi connectivity index (χ3n) is 7.61. The number of nitrogen functional groups attached to an aromatic ring is 1. The van der Waals surface area contributed by atoms with Crippen molar-refractivity contribution in [3.8, 4) is 0 Å². The molecule has 10 N–H and O–H groups in total. The number of fused-ring (bicyclic) bond motifs is 1. The van der Waals surface area contributed by atoms with Gasteiger partial charge in [0.1, 0.15) is 28.8 Å². The summed E-state index contributed by atoms with van der Waals surface area (Å²) in [6.45, 7) is 1.42. The maximum absolute atomic E-state index is 13.2. The Hall–Kier alpha value is -2.78. The van der Waals surface area contributed by atoms with E-state index in [0.717, 1.165) is 24.9 Å². The molecule has 0 saturated carbocycles. The Morgan fingerprint density at radius 2 is 1.82 bits per heavy atom. The van der Waals surface area contributed by atoms with Crippen LogP contribution in [-0.2, 0) is 20.5 Å². The molecule has 2 aliphatic rings. The predicted molar refractivity (Wildman–Crippen MR) is 156 cm³/mol. The molecule has 4 heterocycles. The minimum absolute atomic E-state index is 0.00544. The lowest BCUT2D eigenvalue weighted by Gasteiger charge is -2.38. The number of imidazole rings is 1. The predicted octanol–water partition coefficient (Wildman–Crippen LogP) is -0.525. The number of nitrogens with two attached hydrogens (primary N) is 2. The molecule has 0 saturated heterocycles. The summed E-state index contributed by atoms with van der Waals surface area (Å²) >= 11 is 10.4. The molecule has 3 aromatic rings. The Morgan fingerprint density at radius 3 is 2.44 bits per heavy atom. The van der Waals surface area contributed by atoms with Crippen LogP contribution in [0.3, 0.4) is 0 Å². The van der Waals surface area contributed by atoms with Crippen molar-refractivity contribution in [3.05, 3.63) is 54.7 Å². The van der Waals surface area contributed by atoms with Gasteiger partial charge in [-0.1, -0.05) is 0 Å². The Balaban J connectivity index is 1.42. The van der Waals surface area contributed by atoms with Gasteiger partial charge in [0.25, 0.3) is 11.8 Å². The van der Waals surface area contributed by atoms with E-state index >= 15 is 0 Å². The number of nitrogens with zero attached hydrogens (tertiary/aromatic N) is 2. The molecule has 3 aromatic heterocycles. The van der Waals surface area contributed by atoms with E-state index in [1.54, 1.807) is 21.3 Å². The molecule has 15 heteroatoms. The molecule has 0 bridgehead atoms. The van der Waals surface area contributed by atoms with Gasteiger partial charge in [-0.05, 0) is 71.8 Å². The van der Waals surface area contributed by atoms with Crippen molar-refractivity contribution >= 4 is 71.5 Å². The van der Waals surface area contributed by atoms with Gasteiger partial charge in [0, 0.05) is 44.3 Å². The molecular weight excluding hydrogens is 700 g/mol. The number of aryl methyl sites for hydroxylation is 1. The monoisotopic (exact) mass is 728 g/mol. The van der Waals surface area contributed by atoms with Gasteiger partial charge in [-0.25, -0.2) is 9.97 Å². The van der Waals surface area contributed by atoms with Crippen molar-refractivity contribution in [3.63, 3.8) is 0 Å². The zero-order valence-electron chi connectivity index (χ0n) is 21.4. The van der Waals surface area contributed by atoms with Crippen LogP contribution < -0.4 is 37.4 Å². The van der Waals surface area contributed by atoms with Crippen LogP contribution in [0, 0.1) is 11.8 Å². The van der Waals surface area contributed by atoms with Crippen molar-refractivity contribution in [1.82, 2.24) is 30.1 Å². The first-order chi connectivity index (χ1) is 18.5. The number of carbonyl (C=O) groups is 2. The zero-order valence-corrected chi connectivity index (χ0v) is 26.1. The number of hydrogen-bond acceptors (Lipinski definition) is 5. The highest BCUT2D eigenvalue weighted by Crippen LogP contribution is 2.39. The standard InChI is InChI=1S/C24H29Br3N10O2/c1-36-9-11(25)4-16(36)21(38)31-7-12-10(6-30-22(39)17-5-13(26)20(27)37(17)2)3-14-19(35-24(29)33-14)18(12)15-8-32-23(28)34-15/h4-5,9-10,12,15,18H,3,6-8H2,1-2H3,(H,30,39)(H,31,38)(H3,28,32,34)(H3,29,33,35)/p+2/t10-,12-,15?,18-/m1/s1. The quantitative estimate of drug-likeness (QED) is 0.173. The largest absolute Gasteiger partial charge is 0.350 e.